The number of carbonyl (C=O) groups is 1. The highest BCUT2D eigenvalue weighted by molar-refractivity contribution is 5.81. The molecule has 1 aliphatic heterocycles. The van der Waals surface area contributed by atoms with Crippen LogP contribution in [0.2, 0.25) is 0 Å². The van der Waals surface area contributed by atoms with E-state index in [1.165, 1.54) is 38.8 Å². The fraction of sp³-hybridized carbons (Fsp3) is 0.941. The molecule has 3 atom stereocenters. The summed E-state index contributed by atoms with van der Waals surface area (Å²) in [7, 11) is 0. The lowest BCUT2D eigenvalue weighted by atomic mass is 9.96. The Hall–Kier alpha value is -0.610. The Bertz CT molecular complexity index is 383. The Balaban J connectivity index is 1.64. The van der Waals surface area contributed by atoms with E-state index in [4.69, 9.17) is 4.74 Å². The molecular weight excluding hydrogens is 264 g/mol. The van der Waals surface area contributed by atoms with Crippen LogP contribution in [0.4, 0.5) is 0 Å². The summed E-state index contributed by atoms with van der Waals surface area (Å²) < 4.78 is 5.39. The van der Waals surface area contributed by atoms with E-state index in [9.17, 15) is 4.79 Å². The highest BCUT2D eigenvalue weighted by Crippen LogP contribution is 2.39. The van der Waals surface area contributed by atoms with Gasteiger partial charge in [0.1, 0.15) is 5.54 Å². The van der Waals surface area contributed by atoms with Crippen molar-refractivity contribution < 1.29 is 9.53 Å². The van der Waals surface area contributed by atoms with Gasteiger partial charge in [0.2, 0.25) is 0 Å². The van der Waals surface area contributed by atoms with Gasteiger partial charge in [0.05, 0.1) is 6.61 Å². The number of rotatable bonds is 6. The summed E-state index contributed by atoms with van der Waals surface area (Å²) >= 11 is 0. The lowest BCUT2D eigenvalue weighted by Crippen LogP contribution is -2.53. The first-order valence-electron chi connectivity index (χ1n) is 8.86. The van der Waals surface area contributed by atoms with E-state index in [-0.39, 0.29) is 5.97 Å². The zero-order valence-corrected chi connectivity index (χ0v) is 13.6. The third-order valence-corrected chi connectivity index (χ3v) is 5.62. The average Bonchev–Trinajstić information content (AvgIpc) is 3.01. The quantitative estimate of drug-likeness (QED) is 0.763. The van der Waals surface area contributed by atoms with Crippen LogP contribution in [0.1, 0.15) is 58.8 Å². The van der Waals surface area contributed by atoms with Crippen LogP contribution >= 0.6 is 0 Å². The van der Waals surface area contributed by atoms with E-state index in [2.05, 4.69) is 17.1 Å². The summed E-state index contributed by atoms with van der Waals surface area (Å²) in [4.78, 5) is 15.1. The van der Waals surface area contributed by atoms with Crippen LogP contribution in [0.5, 0.6) is 0 Å². The Morgan fingerprint density at radius 2 is 2.10 bits per heavy atom. The zero-order valence-electron chi connectivity index (χ0n) is 13.6. The minimum Gasteiger partial charge on any atom is -0.465 e. The predicted molar refractivity (Wildman–Crippen MR) is 83.1 cm³/mol. The number of nitrogens with zero attached hydrogens (tertiary/aromatic N) is 1. The van der Waals surface area contributed by atoms with Gasteiger partial charge in [0.15, 0.2) is 0 Å². The highest BCUT2D eigenvalue weighted by atomic mass is 16.5. The molecule has 0 spiro atoms. The van der Waals surface area contributed by atoms with Crippen molar-refractivity contribution in [3.63, 3.8) is 0 Å². The van der Waals surface area contributed by atoms with Gasteiger partial charge in [0, 0.05) is 18.6 Å². The molecule has 0 amide bonds. The fourth-order valence-corrected chi connectivity index (χ4v) is 4.12. The van der Waals surface area contributed by atoms with Gasteiger partial charge in [-0.05, 0) is 57.9 Å². The van der Waals surface area contributed by atoms with Gasteiger partial charge in [0.25, 0.3) is 0 Å². The lowest BCUT2D eigenvalue weighted by Gasteiger charge is -2.30. The molecule has 4 heteroatoms. The van der Waals surface area contributed by atoms with Crippen LogP contribution in [-0.2, 0) is 9.53 Å². The third-order valence-electron chi connectivity index (χ3n) is 5.62. The summed E-state index contributed by atoms with van der Waals surface area (Å²) in [5, 5.41) is 3.63. The number of hydrogen-bond acceptors (Lipinski definition) is 4. The molecule has 3 aliphatic rings. The summed E-state index contributed by atoms with van der Waals surface area (Å²) in [6, 6.07) is 1.12. The first kappa shape index (κ1) is 15.3. The van der Waals surface area contributed by atoms with Gasteiger partial charge in [-0.15, -0.1) is 0 Å². The van der Waals surface area contributed by atoms with Crippen molar-refractivity contribution in [2.24, 2.45) is 5.92 Å². The zero-order chi connectivity index (χ0) is 14.9. The molecule has 0 radical (unpaired) electrons. The third kappa shape index (κ3) is 3.26. The normalized spacial score (nSPS) is 37.0. The van der Waals surface area contributed by atoms with Gasteiger partial charge >= 0.3 is 5.97 Å². The smallest absolute Gasteiger partial charge is 0.326 e. The van der Waals surface area contributed by atoms with Crippen molar-refractivity contribution >= 4 is 5.97 Å². The molecule has 0 aromatic carbocycles. The van der Waals surface area contributed by atoms with Gasteiger partial charge in [-0.2, -0.15) is 0 Å². The number of likely N-dealkylation sites (tertiary alicyclic amines) is 1. The van der Waals surface area contributed by atoms with Crippen molar-refractivity contribution in [3.8, 4) is 0 Å². The van der Waals surface area contributed by atoms with E-state index >= 15 is 0 Å². The summed E-state index contributed by atoms with van der Waals surface area (Å²) in [5.41, 5.74) is -0.397. The maximum atomic E-state index is 12.5. The Morgan fingerprint density at radius 3 is 2.71 bits per heavy atom. The molecule has 120 valence electrons. The number of hydrogen-bond donors (Lipinski definition) is 1. The molecule has 1 N–H and O–H groups in total. The number of ether oxygens (including phenoxy) is 1. The van der Waals surface area contributed by atoms with Crippen molar-refractivity contribution in [3.05, 3.63) is 0 Å². The highest BCUT2D eigenvalue weighted by Gasteiger charge is 2.50. The van der Waals surface area contributed by atoms with Gasteiger partial charge in [-0.1, -0.05) is 13.3 Å². The van der Waals surface area contributed by atoms with E-state index in [0.717, 1.165) is 25.2 Å². The largest absolute Gasteiger partial charge is 0.465 e. The molecule has 0 aromatic heterocycles. The number of esters is 1. The van der Waals surface area contributed by atoms with Crippen LogP contribution < -0.4 is 5.32 Å². The van der Waals surface area contributed by atoms with Crippen LogP contribution in [0.3, 0.4) is 0 Å². The minimum absolute atomic E-state index is 0.00867. The monoisotopic (exact) mass is 294 g/mol. The summed E-state index contributed by atoms with van der Waals surface area (Å²) in [6.45, 7) is 7.12. The molecule has 1 heterocycles. The molecular formula is C17H30N2O2. The van der Waals surface area contributed by atoms with Crippen LogP contribution in [0.15, 0.2) is 0 Å². The van der Waals surface area contributed by atoms with E-state index in [1.807, 2.05) is 6.92 Å². The van der Waals surface area contributed by atoms with Crippen molar-refractivity contribution in [1.82, 2.24) is 10.2 Å². The Kier molecular flexibility index (Phi) is 4.55. The summed E-state index contributed by atoms with van der Waals surface area (Å²) in [6.07, 6.45) is 8.07. The maximum Gasteiger partial charge on any atom is 0.326 e. The lowest BCUT2D eigenvalue weighted by molar-refractivity contribution is -0.151. The van der Waals surface area contributed by atoms with E-state index in [1.54, 1.807) is 0 Å². The first-order chi connectivity index (χ1) is 10.2. The molecule has 3 rings (SSSR count). The molecule has 4 nitrogen and oxygen atoms in total. The molecule has 2 aliphatic carbocycles. The molecule has 0 bridgehead atoms. The topological polar surface area (TPSA) is 41.6 Å². The predicted octanol–water partition coefficient (Wildman–Crippen LogP) is 2.32. The van der Waals surface area contributed by atoms with Gasteiger partial charge < -0.3 is 9.64 Å². The minimum atomic E-state index is -0.397. The summed E-state index contributed by atoms with van der Waals surface area (Å²) in [5.74, 6) is 0.852. The Labute approximate surface area is 128 Å². The van der Waals surface area contributed by atoms with Crippen molar-refractivity contribution in [2.75, 3.05) is 19.7 Å². The molecule has 2 saturated carbocycles. The van der Waals surface area contributed by atoms with Gasteiger partial charge in [-0.25, -0.2) is 0 Å². The number of carbonyl (C=O) groups excluding carboxylic acids is 1. The van der Waals surface area contributed by atoms with Crippen molar-refractivity contribution in [1.29, 1.82) is 0 Å². The SMILES string of the molecule is CCOC(=O)C1(NC2CC2)CCC(N2CCC(CC)C2)C1. The Morgan fingerprint density at radius 1 is 1.29 bits per heavy atom. The number of nitrogens with one attached hydrogen (secondary N) is 1. The van der Waals surface area contributed by atoms with E-state index < -0.39 is 5.54 Å². The maximum absolute atomic E-state index is 12.5. The average molecular weight is 294 g/mol. The van der Waals surface area contributed by atoms with E-state index in [0.29, 0.717) is 18.7 Å². The van der Waals surface area contributed by atoms with Crippen LogP contribution in [0, 0.1) is 5.92 Å². The second kappa shape index (κ2) is 6.25. The molecule has 0 aromatic rings. The fourth-order valence-electron chi connectivity index (χ4n) is 4.12. The second-order valence-electron chi connectivity index (χ2n) is 7.18. The molecule has 3 fully saturated rings. The second-order valence-corrected chi connectivity index (χ2v) is 7.18. The van der Waals surface area contributed by atoms with Gasteiger partial charge in [-0.3, -0.25) is 10.1 Å². The molecule has 21 heavy (non-hydrogen) atoms. The first-order valence-corrected chi connectivity index (χ1v) is 8.86. The standard InChI is InChI=1S/C17H30N2O2/c1-3-13-8-10-19(12-13)15-7-9-17(11-15,16(20)21-4-2)18-14-5-6-14/h13-15,18H,3-12H2,1-2H3. The van der Waals surface area contributed by atoms with Crippen molar-refractivity contribution in [2.45, 2.75) is 76.4 Å². The molecule has 3 unspecified atom stereocenters. The van der Waals surface area contributed by atoms with Crippen LogP contribution in [-0.4, -0.2) is 48.2 Å². The molecule has 1 saturated heterocycles. The van der Waals surface area contributed by atoms with Crippen LogP contribution in [0.25, 0.3) is 0 Å².